The summed E-state index contributed by atoms with van der Waals surface area (Å²) in [5, 5.41) is 0.825. The number of rotatable bonds is 5. The van der Waals surface area contributed by atoms with E-state index in [-0.39, 0.29) is 5.97 Å². The molecule has 1 rings (SSSR count). The normalized spacial score (nSPS) is 10.0. The Balaban J connectivity index is 2.53. The minimum absolute atomic E-state index is 0.123. The van der Waals surface area contributed by atoms with Crippen LogP contribution in [0.25, 0.3) is 0 Å². The zero-order valence-electron chi connectivity index (χ0n) is 8.83. The molecule has 0 fully saturated rings. The van der Waals surface area contributed by atoms with Gasteiger partial charge in [0.2, 0.25) is 0 Å². The first-order valence-corrected chi connectivity index (χ1v) is 6.18. The second-order valence-electron chi connectivity index (χ2n) is 3.21. The molecule has 0 N–H and O–H groups in total. The van der Waals surface area contributed by atoms with Gasteiger partial charge in [0, 0.05) is 11.8 Å². The molecule has 0 aromatic heterocycles. The summed E-state index contributed by atoms with van der Waals surface area (Å²) in [7, 11) is 0. The van der Waals surface area contributed by atoms with Gasteiger partial charge in [-0.1, -0.05) is 40.2 Å². The summed E-state index contributed by atoms with van der Waals surface area (Å²) in [6, 6.07) is 8.11. The fourth-order valence-electron chi connectivity index (χ4n) is 1.40. The number of esters is 1. The van der Waals surface area contributed by atoms with E-state index in [4.69, 9.17) is 4.74 Å². The third kappa shape index (κ3) is 4.04. The van der Waals surface area contributed by atoms with Gasteiger partial charge in [0.15, 0.2) is 0 Å². The maximum Gasteiger partial charge on any atom is 0.306 e. The molecule has 0 spiro atoms. The lowest BCUT2D eigenvalue weighted by Crippen LogP contribution is -2.05. The lowest BCUT2D eigenvalue weighted by molar-refractivity contribution is -0.143. The molecule has 0 heterocycles. The maximum atomic E-state index is 11.2. The van der Waals surface area contributed by atoms with Gasteiger partial charge >= 0.3 is 5.97 Å². The molecule has 1 aromatic rings. The molecule has 0 amide bonds. The first-order valence-electron chi connectivity index (χ1n) is 5.06. The van der Waals surface area contributed by atoms with Crippen LogP contribution >= 0.6 is 15.9 Å². The van der Waals surface area contributed by atoms with Gasteiger partial charge in [-0.15, -0.1) is 0 Å². The fraction of sp³-hybridized carbons (Fsp3) is 0.417. The third-order valence-electron chi connectivity index (χ3n) is 2.17. The van der Waals surface area contributed by atoms with Crippen LogP contribution in [0.3, 0.4) is 0 Å². The number of hydrogen-bond donors (Lipinski definition) is 0. The Labute approximate surface area is 98.8 Å². The monoisotopic (exact) mass is 270 g/mol. The number of halogens is 1. The molecule has 0 aliphatic heterocycles. The van der Waals surface area contributed by atoms with Gasteiger partial charge in [-0.2, -0.15) is 0 Å². The van der Waals surface area contributed by atoms with Crippen LogP contribution < -0.4 is 0 Å². The predicted molar refractivity (Wildman–Crippen MR) is 64.0 cm³/mol. The minimum atomic E-state index is -0.123. The topological polar surface area (TPSA) is 26.3 Å². The first-order chi connectivity index (χ1) is 7.27. The van der Waals surface area contributed by atoms with Gasteiger partial charge in [0.05, 0.1) is 6.61 Å². The summed E-state index contributed by atoms with van der Waals surface area (Å²) < 4.78 is 4.89. The highest BCUT2D eigenvalue weighted by molar-refractivity contribution is 9.08. The number of aryl methyl sites for hydroxylation is 1. The fourth-order valence-corrected chi connectivity index (χ4v) is 1.95. The van der Waals surface area contributed by atoms with Crippen molar-refractivity contribution >= 4 is 21.9 Å². The predicted octanol–water partition coefficient (Wildman–Crippen LogP) is 3.08. The molecule has 0 saturated carbocycles. The van der Waals surface area contributed by atoms with Crippen LogP contribution in [0.4, 0.5) is 0 Å². The van der Waals surface area contributed by atoms with Gasteiger partial charge in [-0.05, 0) is 24.5 Å². The van der Waals surface area contributed by atoms with Crippen molar-refractivity contribution in [3.8, 4) is 0 Å². The van der Waals surface area contributed by atoms with Crippen LogP contribution in [0.1, 0.15) is 24.5 Å². The van der Waals surface area contributed by atoms with Gasteiger partial charge in [-0.25, -0.2) is 0 Å². The summed E-state index contributed by atoms with van der Waals surface area (Å²) in [5.41, 5.74) is 2.45. The minimum Gasteiger partial charge on any atom is -0.466 e. The summed E-state index contributed by atoms with van der Waals surface area (Å²) in [4.78, 5) is 11.2. The lowest BCUT2D eigenvalue weighted by atomic mass is 10.0. The number of carbonyl (C=O) groups excluding carboxylic acids is 1. The van der Waals surface area contributed by atoms with Gasteiger partial charge in [0.25, 0.3) is 0 Å². The standard InChI is InChI=1S/C12H15BrO2/c1-2-15-12(14)8-7-10-5-3-4-6-11(10)9-13/h3-6H,2,7-9H2,1H3. The highest BCUT2D eigenvalue weighted by atomic mass is 79.9. The molecule has 0 radical (unpaired) electrons. The SMILES string of the molecule is CCOC(=O)CCc1ccccc1CBr. The molecule has 82 valence electrons. The quantitative estimate of drug-likeness (QED) is 0.607. The average Bonchev–Trinajstić information content (AvgIpc) is 2.27. The lowest BCUT2D eigenvalue weighted by Gasteiger charge is -2.06. The van der Waals surface area contributed by atoms with Crippen molar-refractivity contribution < 1.29 is 9.53 Å². The van der Waals surface area contributed by atoms with E-state index in [1.807, 2.05) is 19.1 Å². The molecular formula is C12H15BrO2. The van der Waals surface area contributed by atoms with Crippen LogP contribution in [-0.4, -0.2) is 12.6 Å². The summed E-state index contributed by atoms with van der Waals surface area (Å²) in [6.45, 7) is 2.28. The Bertz CT molecular complexity index is 323. The molecule has 3 heteroatoms. The van der Waals surface area contributed by atoms with Gasteiger partial charge < -0.3 is 4.74 Å². The maximum absolute atomic E-state index is 11.2. The number of benzene rings is 1. The summed E-state index contributed by atoms with van der Waals surface area (Å²) >= 11 is 3.43. The molecule has 0 bridgehead atoms. The smallest absolute Gasteiger partial charge is 0.306 e. The van der Waals surface area contributed by atoms with Crippen molar-refractivity contribution in [1.82, 2.24) is 0 Å². The van der Waals surface area contributed by atoms with Crippen molar-refractivity contribution in [3.63, 3.8) is 0 Å². The van der Waals surface area contributed by atoms with Crippen LogP contribution in [0.2, 0.25) is 0 Å². The largest absolute Gasteiger partial charge is 0.466 e. The van der Waals surface area contributed by atoms with E-state index in [0.717, 1.165) is 11.8 Å². The Hall–Kier alpha value is -0.830. The van der Waals surface area contributed by atoms with Crippen molar-refractivity contribution in [2.24, 2.45) is 0 Å². The van der Waals surface area contributed by atoms with Crippen molar-refractivity contribution in [3.05, 3.63) is 35.4 Å². The van der Waals surface area contributed by atoms with Crippen LogP contribution in [0, 0.1) is 0 Å². The highest BCUT2D eigenvalue weighted by Gasteiger charge is 2.05. The number of hydrogen-bond acceptors (Lipinski definition) is 2. The second kappa shape index (κ2) is 6.62. The Morgan fingerprint density at radius 3 is 2.60 bits per heavy atom. The zero-order chi connectivity index (χ0) is 11.1. The molecule has 2 nitrogen and oxygen atoms in total. The van der Waals surface area contributed by atoms with E-state index >= 15 is 0 Å². The average molecular weight is 271 g/mol. The molecule has 15 heavy (non-hydrogen) atoms. The van der Waals surface area contributed by atoms with Gasteiger partial charge in [0.1, 0.15) is 0 Å². The number of alkyl halides is 1. The van der Waals surface area contributed by atoms with Crippen LogP contribution in [0.15, 0.2) is 24.3 Å². The Morgan fingerprint density at radius 1 is 1.33 bits per heavy atom. The zero-order valence-corrected chi connectivity index (χ0v) is 10.4. The molecule has 0 aliphatic rings. The van der Waals surface area contributed by atoms with E-state index in [0.29, 0.717) is 13.0 Å². The highest BCUT2D eigenvalue weighted by Crippen LogP contribution is 2.14. The van der Waals surface area contributed by atoms with E-state index in [2.05, 4.69) is 28.1 Å². The van der Waals surface area contributed by atoms with Crippen molar-refractivity contribution in [2.45, 2.75) is 25.1 Å². The van der Waals surface area contributed by atoms with Crippen LogP contribution in [0.5, 0.6) is 0 Å². The van der Waals surface area contributed by atoms with Gasteiger partial charge in [-0.3, -0.25) is 4.79 Å². The third-order valence-corrected chi connectivity index (χ3v) is 2.77. The first kappa shape index (κ1) is 12.2. The summed E-state index contributed by atoms with van der Waals surface area (Å²) in [5.74, 6) is -0.123. The Kier molecular flexibility index (Phi) is 5.40. The molecule has 0 saturated heterocycles. The van der Waals surface area contributed by atoms with Crippen molar-refractivity contribution in [2.75, 3.05) is 6.61 Å². The summed E-state index contributed by atoms with van der Waals surface area (Å²) in [6.07, 6.45) is 1.21. The van der Waals surface area contributed by atoms with E-state index in [9.17, 15) is 4.79 Å². The molecule has 1 aromatic carbocycles. The molecule has 0 aliphatic carbocycles. The molecule has 0 atom stereocenters. The number of carbonyl (C=O) groups is 1. The Morgan fingerprint density at radius 2 is 2.00 bits per heavy atom. The molecular weight excluding hydrogens is 256 g/mol. The van der Waals surface area contributed by atoms with Crippen molar-refractivity contribution in [1.29, 1.82) is 0 Å². The molecule has 0 unspecified atom stereocenters. The van der Waals surface area contributed by atoms with Crippen LogP contribution in [-0.2, 0) is 21.3 Å². The number of ether oxygens (including phenoxy) is 1. The van der Waals surface area contributed by atoms with E-state index < -0.39 is 0 Å². The second-order valence-corrected chi connectivity index (χ2v) is 3.77. The van der Waals surface area contributed by atoms with E-state index in [1.165, 1.54) is 11.1 Å². The van der Waals surface area contributed by atoms with E-state index in [1.54, 1.807) is 0 Å².